The molecule has 0 aromatic carbocycles. The Hall–Kier alpha value is -0.660. The molecule has 0 aromatic rings. The largest absolute Gasteiger partial charge is 0.481 e. The van der Waals surface area contributed by atoms with Gasteiger partial charge in [0.2, 0.25) is 0 Å². The summed E-state index contributed by atoms with van der Waals surface area (Å²) in [4.78, 5) is 10.7. The fourth-order valence-electron chi connectivity index (χ4n) is 1.63. The van der Waals surface area contributed by atoms with Gasteiger partial charge in [-0.2, -0.15) is 17.4 Å². The lowest BCUT2D eigenvalue weighted by atomic mass is 10.1. The van der Waals surface area contributed by atoms with E-state index in [1.165, 1.54) is 14.1 Å². The quantitative estimate of drug-likeness (QED) is 0.697. The zero-order valence-electron chi connectivity index (χ0n) is 8.80. The maximum Gasteiger partial charge on any atom is 0.306 e. The molecule has 0 bridgehead atoms. The van der Waals surface area contributed by atoms with Gasteiger partial charge in [0, 0.05) is 20.1 Å². The van der Waals surface area contributed by atoms with Crippen molar-refractivity contribution in [2.24, 2.45) is 5.92 Å². The molecule has 15 heavy (non-hydrogen) atoms. The third kappa shape index (κ3) is 3.15. The van der Waals surface area contributed by atoms with Crippen molar-refractivity contribution in [2.45, 2.75) is 25.3 Å². The van der Waals surface area contributed by atoms with Crippen LogP contribution in [0.4, 0.5) is 0 Å². The van der Waals surface area contributed by atoms with Crippen LogP contribution in [0.3, 0.4) is 0 Å². The van der Waals surface area contributed by atoms with E-state index in [0.29, 0.717) is 19.3 Å². The molecule has 0 amide bonds. The van der Waals surface area contributed by atoms with Gasteiger partial charge >= 0.3 is 5.97 Å². The van der Waals surface area contributed by atoms with Crippen LogP contribution in [0, 0.1) is 5.92 Å². The van der Waals surface area contributed by atoms with E-state index in [1.807, 2.05) is 0 Å². The summed E-state index contributed by atoms with van der Waals surface area (Å²) in [6, 6.07) is -0.251. The Balaban J connectivity index is 2.53. The number of nitrogens with one attached hydrogen (secondary N) is 1. The number of hydrogen-bond donors (Lipinski definition) is 2. The lowest BCUT2D eigenvalue weighted by molar-refractivity contribution is -0.141. The number of carboxylic acid groups (broad SMARTS) is 1. The molecular weight excluding hydrogens is 220 g/mol. The smallest absolute Gasteiger partial charge is 0.306 e. The van der Waals surface area contributed by atoms with Gasteiger partial charge in [0.25, 0.3) is 10.2 Å². The molecule has 0 spiro atoms. The van der Waals surface area contributed by atoms with E-state index >= 15 is 0 Å². The van der Waals surface area contributed by atoms with E-state index in [0.717, 1.165) is 4.31 Å². The van der Waals surface area contributed by atoms with E-state index in [4.69, 9.17) is 5.11 Å². The van der Waals surface area contributed by atoms with Crippen molar-refractivity contribution in [3.8, 4) is 0 Å². The molecule has 1 saturated carbocycles. The highest BCUT2D eigenvalue weighted by atomic mass is 32.2. The van der Waals surface area contributed by atoms with E-state index in [-0.39, 0.29) is 6.04 Å². The first kappa shape index (κ1) is 12.4. The Labute approximate surface area is 89.4 Å². The van der Waals surface area contributed by atoms with Crippen LogP contribution in [0.2, 0.25) is 0 Å². The molecule has 2 unspecified atom stereocenters. The molecule has 1 fully saturated rings. The van der Waals surface area contributed by atoms with Gasteiger partial charge in [-0.25, -0.2) is 0 Å². The lowest BCUT2D eigenvalue weighted by Gasteiger charge is -2.16. The van der Waals surface area contributed by atoms with Crippen LogP contribution in [0.25, 0.3) is 0 Å². The molecule has 88 valence electrons. The minimum Gasteiger partial charge on any atom is -0.481 e. The summed E-state index contributed by atoms with van der Waals surface area (Å²) >= 11 is 0. The summed E-state index contributed by atoms with van der Waals surface area (Å²) in [6.45, 7) is 0. The van der Waals surface area contributed by atoms with Crippen molar-refractivity contribution in [1.29, 1.82) is 0 Å². The van der Waals surface area contributed by atoms with Gasteiger partial charge in [0.1, 0.15) is 0 Å². The fourth-order valence-corrected chi connectivity index (χ4v) is 2.48. The summed E-state index contributed by atoms with van der Waals surface area (Å²) in [6.07, 6.45) is 1.50. The number of rotatable bonds is 4. The Morgan fingerprint density at radius 3 is 2.40 bits per heavy atom. The highest BCUT2D eigenvalue weighted by Gasteiger charge is 2.32. The Morgan fingerprint density at radius 2 is 2.00 bits per heavy atom. The zero-order valence-corrected chi connectivity index (χ0v) is 9.62. The highest BCUT2D eigenvalue weighted by molar-refractivity contribution is 7.87. The van der Waals surface area contributed by atoms with Crippen molar-refractivity contribution in [1.82, 2.24) is 9.03 Å². The minimum absolute atomic E-state index is 0.251. The normalized spacial score (nSPS) is 27.1. The lowest BCUT2D eigenvalue weighted by Crippen LogP contribution is -2.41. The number of carboxylic acids is 1. The van der Waals surface area contributed by atoms with Crippen molar-refractivity contribution in [3.05, 3.63) is 0 Å². The molecule has 2 N–H and O–H groups in total. The third-order valence-corrected chi connectivity index (χ3v) is 4.17. The van der Waals surface area contributed by atoms with Gasteiger partial charge < -0.3 is 5.11 Å². The van der Waals surface area contributed by atoms with Crippen LogP contribution >= 0.6 is 0 Å². The molecule has 0 radical (unpaired) electrons. The maximum atomic E-state index is 11.4. The molecular formula is C8H16N2O4S. The van der Waals surface area contributed by atoms with E-state index in [1.54, 1.807) is 0 Å². The van der Waals surface area contributed by atoms with Crippen molar-refractivity contribution in [2.75, 3.05) is 14.1 Å². The molecule has 7 heteroatoms. The van der Waals surface area contributed by atoms with Gasteiger partial charge in [-0.3, -0.25) is 4.79 Å². The predicted molar refractivity (Wildman–Crippen MR) is 54.5 cm³/mol. The van der Waals surface area contributed by atoms with Gasteiger partial charge in [-0.1, -0.05) is 0 Å². The van der Waals surface area contributed by atoms with Gasteiger partial charge in [-0.15, -0.1) is 0 Å². The molecule has 0 aliphatic heterocycles. The standard InChI is InChI=1S/C8H16N2O4S/c1-10(2)15(13,14)9-7-4-3-6(5-7)8(11)12/h6-7,9H,3-5H2,1-2H3,(H,11,12). The molecule has 0 aromatic heterocycles. The first-order chi connectivity index (χ1) is 6.83. The van der Waals surface area contributed by atoms with E-state index in [9.17, 15) is 13.2 Å². The van der Waals surface area contributed by atoms with E-state index < -0.39 is 22.1 Å². The van der Waals surface area contributed by atoms with Crippen molar-refractivity contribution < 1.29 is 18.3 Å². The molecule has 2 atom stereocenters. The number of hydrogen-bond acceptors (Lipinski definition) is 3. The summed E-state index contributed by atoms with van der Waals surface area (Å²) in [7, 11) is -0.567. The zero-order chi connectivity index (χ0) is 11.6. The molecule has 1 aliphatic carbocycles. The number of aliphatic carboxylic acids is 1. The van der Waals surface area contributed by atoms with Crippen LogP contribution in [-0.4, -0.2) is 43.9 Å². The Bertz CT molecular complexity index is 339. The summed E-state index contributed by atoms with van der Waals surface area (Å²) in [5, 5.41) is 8.75. The topological polar surface area (TPSA) is 86.7 Å². The first-order valence-electron chi connectivity index (χ1n) is 4.75. The molecule has 6 nitrogen and oxygen atoms in total. The van der Waals surface area contributed by atoms with Crippen molar-refractivity contribution >= 4 is 16.2 Å². The van der Waals surface area contributed by atoms with Crippen LogP contribution in [0.1, 0.15) is 19.3 Å². The molecule has 1 rings (SSSR count). The Kier molecular flexibility index (Phi) is 3.69. The predicted octanol–water partition coefficient (Wildman–Crippen LogP) is -0.364. The van der Waals surface area contributed by atoms with E-state index in [2.05, 4.69) is 4.72 Å². The Morgan fingerprint density at radius 1 is 1.40 bits per heavy atom. The minimum atomic E-state index is -3.44. The summed E-state index contributed by atoms with van der Waals surface area (Å²) in [5.41, 5.74) is 0. The number of carbonyl (C=O) groups is 1. The van der Waals surface area contributed by atoms with Crippen LogP contribution in [0.5, 0.6) is 0 Å². The SMILES string of the molecule is CN(C)S(=O)(=O)NC1CCC(C(=O)O)C1. The average molecular weight is 236 g/mol. The first-order valence-corrected chi connectivity index (χ1v) is 6.19. The third-order valence-electron chi connectivity index (χ3n) is 2.58. The van der Waals surface area contributed by atoms with Gasteiger partial charge in [0.05, 0.1) is 5.92 Å². The van der Waals surface area contributed by atoms with Gasteiger partial charge in [-0.05, 0) is 19.3 Å². The van der Waals surface area contributed by atoms with Crippen LogP contribution in [-0.2, 0) is 15.0 Å². The second kappa shape index (κ2) is 4.46. The second-order valence-electron chi connectivity index (χ2n) is 3.95. The molecule has 0 saturated heterocycles. The van der Waals surface area contributed by atoms with Crippen LogP contribution < -0.4 is 4.72 Å². The summed E-state index contributed by atoms with van der Waals surface area (Å²) < 4.78 is 26.4. The second-order valence-corrected chi connectivity index (χ2v) is 5.87. The number of nitrogens with zero attached hydrogens (tertiary/aromatic N) is 1. The van der Waals surface area contributed by atoms with Crippen molar-refractivity contribution in [3.63, 3.8) is 0 Å². The average Bonchev–Trinajstić information content (AvgIpc) is 2.51. The highest BCUT2D eigenvalue weighted by Crippen LogP contribution is 2.26. The molecule has 0 heterocycles. The molecule has 1 aliphatic rings. The van der Waals surface area contributed by atoms with Crippen LogP contribution in [0.15, 0.2) is 0 Å². The van der Waals surface area contributed by atoms with Gasteiger partial charge in [0.15, 0.2) is 0 Å². The fraction of sp³-hybridized carbons (Fsp3) is 0.875. The maximum absolute atomic E-state index is 11.4. The summed E-state index contributed by atoms with van der Waals surface area (Å²) in [5.74, 6) is -1.26. The monoisotopic (exact) mass is 236 g/mol.